The van der Waals surface area contributed by atoms with E-state index in [1.54, 1.807) is 7.11 Å². The topological polar surface area (TPSA) is 101 Å². The molecule has 2 heterocycles. The Kier molecular flexibility index (Phi) is 6.50. The molecule has 0 fully saturated rings. The number of aryl methyl sites for hydroxylation is 3. The number of rotatable bonds is 7. The Morgan fingerprint density at radius 3 is 2.12 bits per heavy atom. The number of thiazole rings is 1. The molecule has 4 rings (SSSR count). The number of ether oxygens (including phenoxy) is 1. The van der Waals surface area contributed by atoms with E-state index in [4.69, 9.17) is 4.74 Å². The van der Waals surface area contributed by atoms with E-state index in [9.17, 15) is 4.79 Å². The lowest BCUT2D eigenvalue weighted by atomic mass is 10.2. The van der Waals surface area contributed by atoms with Gasteiger partial charge in [-0.15, -0.1) is 11.3 Å². The highest BCUT2D eigenvalue weighted by Gasteiger charge is 2.14. The Hall–Kier alpha value is -3.98. The summed E-state index contributed by atoms with van der Waals surface area (Å²) in [6.07, 6.45) is 0. The van der Waals surface area contributed by atoms with E-state index < -0.39 is 0 Å². The van der Waals surface area contributed by atoms with Crippen molar-refractivity contribution in [1.29, 1.82) is 0 Å². The summed E-state index contributed by atoms with van der Waals surface area (Å²) in [5.41, 5.74) is 3.96. The second kappa shape index (κ2) is 9.66. The highest BCUT2D eigenvalue weighted by Crippen LogP contribution is 2.23. The minimum absolute atomic E-state index is 0.157. The summed E-state index contributed by atoms with van der Waals surface area (Å²) in [5.74, 6) is 1.78. The van der Waals surface area contributed by atoms with E-state index >= 15 is 0 Å². The second-order valence-corrected chi connectivity index (χ2v) is 8.58. The number of hydrogen-bond acceptors (Lipinski definition) is 8. The number of amides is 1. The van der Waals surface area contributed by atoms with Crippen LogP contribution in [0.4, 0.5) is 28.8 Å². The number of nitrogens with one attached hydrogen (secondary N) is 3. The lowest BCUT2D eigenvalue weighted by molar-refractivity contribution is 0.103. The van der Waals surface area contributed by atoms with Gasteiger partial charge < -0.3 is 20.7 Å². The number of carbonyl (C=O) groups excluding carboxylic acids is 1. The van der Waals surface area contributed by atoms with Crippen LogP contribution in [0.15, 0.2) is 54.6 Å². The van der Waals surface area contributed by atoms with Gasteiger partial charge in [0.25, 0.3) is 5.91 Å². The van der Waals surface area contributed by atoms with Gasteiger partial charge in [0.15, 0.2) is 0 Å². The Labute approximate surface area is 196 Å². The lowest BCUT2D eigenvalue weighted by Crippen LogP contribution is -2.11. The summed E-state index contributed by atoms with van der Waals surface area (Å²) >= 11 is 1.39. The first kappa shape index (κ1) is 22.2. The van der Waals surface area contributed by atoms with Crippen molar-refractivity contribution < 1.29 is 9.53 Å². The molecule has 2 aromatic heterocycles. The highest BCUT2D eigenvalue weighted by molar-refractivity contribution is 7.13. The van der Waals surface area contributed by atoms with E-state index in [1.807, 2.05) is 75.4 Å². The van der Waals surface area contributed by atoms with Crippen LogP contribution in [-0.4, -0.2) is 28.0 Å². The van der Waals surface area contributed by atoms with Crippen molar-refractivity contribution in [3.8, 4) is 5.75 Å². The molecule has 3 N–H and O–H groups in total. The third kappa shape index (κ3) is 5.64. The van der Waals surface area contributed by atoms with E-state index in [-0.39, 0.29) is 5.91 Å². The predicted octanol–water partition coefficient (Wildman–Crippen LogP) is 5.61. The second-order valence-electron chi connectivity index (χ2n) is 7.38. The van der Waals surface area contributed by atoms with Gasteiger partial charge in [0.2, 0.25) is 5.95 Å². The summed E-state index contributed by atoms with van der Waals surface area (Å²) < 4.78 is 5.19. The molecule has 33 heavy (non-hydrogen) atoms. The van der Waals surface area contributed by atoms with Gasteiger partial charge in [0.05, 0.1) is 17.8 Å². The number of aromatic nitrogens is 3. The first-order chi connectivity index (χ1) is 15.9. The average Bonchev–Trinajstić information content (AvgIpc) is 3.13. The fourth-order valence-corrected chi connectivity index (χ4v) is 4.02. The Morgan fingerprint density at radius 2 is 1.48 bits per heavy atom. The van der Waals surface area contributed by atoms with Gasteiger partial charge >= 0.3 is 0 Å². The molecule has 0 unspecified atom stereocenters. The average molecular weight is 461 g/mol. The van der Waals surface area contributed by atoms with Gasteiger partial charge in [-0.1, -0.05) is 0 Å². The zero-order chi connectivity index (χ0) is 23.4. The fourth-order valence-electron chi connectivity index (χ4n) is 3.21. The maximum absolute atomic E-state index is 12.5. The third-order valence-corrected chi connectivity index (χ3v) is 5.80. The summed E-state index contributed by atoms with van der Waals surface area (Å²) in [7, 11) is 1.64. The number of nitrogens with zero attached hydrogens (tertiary/aromatic N) is 3. The van der Waals surface area contributed by atoms with Gasteiger partial charge in [0, 0.05) is 28.8 Å². The maximum Gasteiger partial charge on any atom is 0.267 e. The summed E-state index contributed by atoms with van der Waals surface area (Å²) in [4.78, 5) is 26.4. The van der Waals surface area contributed by atoms with Crippen molar-refractivity contribution in [2.75, 3.05) is 23.1 Å². The molecule has 0 atom stereocenters. The minimum atomic E-state index is -0.157. The summed E-state index contributed by atoms with van der Waals surface area (Å²) in [6, 6.07) is 16.9. The predicted molar refractivity (Wildman–Crippen MR) is 132 cm³/mol. The SMILES string of the molecule is COc1ccc(Nc2cc(C)nc(Nc3ccc(NC(=O)c4sc(C)nc4C)cc3)n2)cc1. The molecule has 0 radical (unpaired) electrons. The van der Waals surface area contributed by atoms with Crippen LogP contribution >= 0.6 is 11.3 Å². The summed E-state index contributed by atoms with van der Waals surface area (Å²) in [5, 5.41) is 10.3. The Morgan fingerprint density at radius 1 is 0.848 bits per heavy atom. The van der Waals surface area contributed by atoms with Crippen LogP contribution in [0.5, 0.6) is 5.75 Å². The van der Waals surface area contributed by atoms with Gasteiger partial charge in [-0.2, -0.15) is 4.98 Å². The largest absolute Gasteiger partial charge is 0.497 e. The first-order valence-electron chi connectivity index (χ1n) is 10.3. The molecule has 168 valence electrons. The van der Waals surface area contributed by atoms with Crippen LogP contribution in [0, 0.1) is 20.8 Å². The highest BCUT2D eigenvalue weighted by atomic mass is 32.1. The molecule has 4 aromatic rings. The van der Waals surface area contributed by atoms with E-state index in [0.717, 1.165) is 33.5 Å². The minimum Gasteiger partial charge on any atom is -0.497 e. The summed E-state index contributed by atoms with van der Waals surface area (Å²) in [6.45, 7) is 5.64. The van der Waals surface area contributed by atoms with Crippen LogP contribution in [0.1, 0.15) is 26.1 Å². The number of benzene rings is 2. The Balaban J connectivity index is 1.43. The molecule has 0 aliphatic carbocycles. The molecular weight excluding hydrogens is 436 g/mol. The standard InChI is InChI=1S/C24H24N6O2S/c1-14-13-21(27-17-9-11-20(32-4)12-10-17)30-24(25-14)29-19-7-5-18(6-8-19)28-23(31)22-15(2)26-16(3)33-22/h5-13H,1-4H3,(H,28,31)(H2,25,27,29,30). The Bertz CT molecular complexity index is 1270. The van der Waals surface area contributed by atoms with Crippen molar-refractivity contribution in [2.45, 2.75) is 20.8 Å². The zero-order valence-corrected chi connectivity index (χ0v) is 19.6. The molecule has 0 saturated carbocycles. The van der Waals surface area contributed by atoms with Crippen molar-refractivity contribution in [1.82, 2.24) is 15.0 Å². The zero-order valence-electron chi connectivity index (χ0n) is 18.8. The van der Waals surface area contributed by atoms with E-state index in [0.29, 0.717) is 22.3 Å². The molecule has 1 amide bonds. The molecule has 2 aromatic carbocycles. The van der Waals surface area contributed by atoms with Crippen LogP contribution in [0.3, 0.4) is 0 Å². The fraction of sp³-hybridized carbons (Fsp3) is 0.167. The van der Waals surface area contributed by atoms with E-state index in [2.05, 4.69) is 30.9 Å². The van der Waals surface area contributed by atoms with Crippen molar-refractivity contribution >= 4 is 46.1 Å². The molecular formula is C24H24N6O2S. The van der Waals surface area contributed by atoms with Crippen LogP contribution in [-0.2, 0) is 0 Å². The molecule has 0 saturated heterocycles. The maximum atomic E-state index is 12.5. The lowest BCUT2D eigenvalue weighted by Gasteiger charge is -2.11. The van der Waals surface area contributed by atoms with Crippen LogP contribution < -0.4 is 20.7 Å². The molecule has 0 spiro atoms. The van der Waals surface area contributed by atoms with Gasteiger partial charge in [0.1, 0.15) is 16.4 Å². The number of anilines is 5. The molecule has 9 heteroatoms. The number of hydrogen-bond donors (Lipinski definition) is 3. The molecule has 0 aliphatic heterocycles. The molecule has 8 nitrogen and oxygen atoms in total. The van der Waals surface area contributed by atoms with Gasteiger partial charge in [-0.3, -0.25) is 4.79 Å². The monoisotopic (exact) mass is 460 g/mol. The molecule has 0 bridgehead atoms. The molecule has 0 aliphatic rings. The van der Waals surface area contributed by atoms with Crippen LogP contribution in [0.2, 0.25) is 0 Å². The third-order valence-electron chi connectivity index (χ3n) is 4.73. The van der Waals surface area contributed by atoms with Crippen molar-refractivity contribution in [3.63, 3.8) is 0 Å². The normalized spacial score (nSPS) is 10.5. The quantitative estimate of drug-likeness (QED) is 0.330. The number of methoxy groups -OCH3 is 1. The van der Waals surface area contributed by atoms with Crippen molar-refractivity contribution in [2.24, 2.45) is 0 Å². The number of carbonyl (C=O) groups is 1. The first-order valence-corrected chi connectivity index (χ1v) is 11.1. The van der Waals surface area contributed by atoms with Crippen LogP contribution in [0.25, 0.3) is 0 Å². The van der Waals surface area contributed by atoms with Gasteiger partial charge in [-0.25, -0.2) is 9.97 Å². The van der Waals surface area contributed by atoms with Crippen molar-refractivity contribution in [3.05, 3.63) is 75.9 Å². The van der Waals surface area contributed by atoms with E-state index in [1.165, 1.54) is 11.3 Å². The van der Waals surface area contributed by atoms with Gasteiger partial charge in [-0.05, 0) is 69.3 Å². The smallest absolute Gasteiger partial charge is 0.267 e.